The van der Waals surface area contributed by atoms with Crippen molar-refractivity contribution in [3.05, 3.63) is 57.0 Å². The summed E-state index contributed by atoms with van der Waals surface area (Å²) in [4.78, 5) is 10.8. The van der Waals surface area contributed by atoms with E-state index in [0.29, 0.717) is 0 Å². The summed E-state index contributed by atoms with van der Waals surface area (Å²) in [6.07, 6.45) is 0. The van der Waals surface area contributed by atoms with E-state index >= 15 is 0 Å². The zero-order chi connectivity index (χ0) is 14.9. The summed E-state index contributed by atoms with van der Waals surface area (Å²) in [6.45, 7) is 0. The van der Waals surface area contributed by atoms with E-state index in [0.717, 1.165) is 18.2 Å². The Labute approximate surface area is 125 Å². The Bertz CT molecular complexity index is 692. The average Bonchev–Trinajstić information content (AvgIpc) is 2.37. The number of hydrogen-bond acceptors (Lipinski definition) is 2. The number of ether oxygens (including phenoxy) is 1. The second-order valence-electron chi connectivity index (χ2n) is 3.72. The third-order valence-corrected chi connectivity index (χ3v) is 3.46. The highest BCUT2D eigenvalue weighted by Crippen LogP contribution is 2.34. The van der Waals surface area contributed by atoms with Crippen LogP contribution >= 0.6 is 27.5 Å². The fourth-order valence-corrected chi connectivity index (χ4v) is 2.16. The standard InChI is InChI=1S/C13H6BrClF2O3/c14-11-7(13(18)19)2-4-10(12(11)17)20-9-3-1-6(16)5-8(9)15/h1-5H,(H,18,19). The first-order chi connectivity index (χ1) is 9.40. The van der Waals surface area contributed by atoms with Crippen LogP contribution in [0.3, 0.4) is 0 Å². The smallest absolute Gasteiger partial charge is 0.336 e. The van der Waals surface area contributed by atoms with Crippen LogP contribution in [0.15, 0.2) is 34.8 Å². The van der Waals surface area contributed by atoms with Gasteiger partial charge in [-0.3, -0.25) is 0 Å². The largest absolute Gasteiger partial charge is 0.478 e. The van der Waals surface area contributed by atoms with Gasteiger partial charge in [-0.15, -0.1) is 0 Å². The van der Waals surface area contributed by atoms with Crippen LogP contribution in [0.1, 0.15) is 10.4 Å². The van der Waals surface area contributed by atoms with Crippen molar-refractivity contribution in [3.63, 3.8) is 0 Å². The lowest BCUT2D eigenvalue weighted by atomic mass is 10.2. The summed E-state index contributed by atoms with van der Waals surface area (Å²) >= 11 is 8.61. The van der Waals surface area contributed by atoms with Crippen molar-refractivity contribution in [1.29, 1.82) is 0 Å². The minimum Gasteiger partial charge on any atom is -0.478 e. The first-order valence-corrected chi connectivity index (χ1v) is 6.41. The molecule has 0 bridgehead atoms. The van der Waals surface area contributed by atoms with Crippen molar-refractivity contribution < 1.29 is 23.4 Å². The molecule has 0 saturated heterocycles. The Kier molecular flexibility index (Phi) is 4.25. The van der Waals surface area contributed by atoms with Crippen LogP contribution in [0.2, 0.25) is 5.02 Å². The summed E-state index contributed by atoms with van der Waals surface area (Å²) in [5.41, 5.74) is -0.236. The summed E-state index contributed by atoms with van der Waals surface area (Å²) in [7, 11) is 0. The lowest BCUT2D eigenvalue weighted by molar-refractivity contribution is 0.0695. The highest BCUT2D eigenvalue weighted by Gasteiger charge is 2.17. The first-order valence-electron chi connectivity index (χ1n) is 5.24. The van der Waals surface area contributed by atoms with E-state index in [9.17, 15) is 13.6 Å². The van der Waals surface area contributed by atoms with E-state index in [-0.39, 0.29) is 26.6 Å². The minimum absolute atomic E-state index is 0.0252. The molecule has 0 aliphatic carbocycles. The molecule has 0 fully saturated rings. The van der Waals surface area contributed by atoms with Crippen molar-refractivity contribution in [2.24, 2.45) is 0 Å². The van der Waals surface area contributed by atoms with Gasteiger partial charge in [0.2, 0.25) is 0 Å². The number of halogens is 4. The van der Waals surface area contributed by atoms with E-state index < -0.39 is 17.6 Å². The zero-order valence-electron chi connectivity index (χ0n) is 9.66. The second kappa shape index (κ2) is 5.76. The van der Waals surface area contributed by atoms with Gasteiger partial charge in [-0.1, -0.05) is 11.6 Å². The maximum Gasteiger partial charge on any atom is 0.336 e. The second-order valence-corrected chi connectivity index (χ2v) is 4.92. The minimum atomic E-state index is -1.28. The van der Waals surface area contributed by atoms with Gasteiger partial charge in [0, 0.05) is 0 Å². The third-order valence-electron chi connectivity index (χ3n) is 2.39. The molecular formula is C13H6BrClF2O3. The number of carbonyl (C=O) groups is 1. The summed E-state index contributed by atoms with van der Waals surface area (Å²) in [6, 6.07) is 5.72. The monoisotopic (exact) mass is 362 g/mol. The van der Waals surface area contributed by atoms with Gasteiger partial charge in [-0.05, 0) is 46.3 Å². The summed E-state index contributed by atoms with van der Waals surface area (Å²) in [5.74, 6) is -2.88. The van der Waals surface area contributed by atoms with Gasteiger partial charge in [-0.2, -0.15) is 0 Å². The van der Waals surface area contributed by atoms with Crippen molar-refractivity contribution in [3.8, 4) is 11.5 Å². The Morgan fingerprint density at radius 1 is 1.20 bits per heavy atom. The Morgan fingerprint density at radius 3 is 2.45 bits per heavy atom. The van der Waals surface area contributed by atoms with Gasteiger partial charge >= 0.3 is 5.97 Å². The van der Waals surface area contributed by atoms with Gasteiger partial charge in [0.15, 0.2) is 11.6 Å². The van der Waals surface area contributed by atoms with Crippen molar-refractivity contribution >= 4 is 33.5 Å². The number of benzene rings is 2. The molecule has 0 aliphatic heterocycles. The fourth-order valence-electron chi connectivity index (χ4n) is 1.45. The molecule has 0 atom stereocenters. The predicted molar refractivity (Wildman–Crippen MR) is 72.5 cm³/mol. The van der Waals surface area contributed by atoms with E-state index in [1.54, 1.807) is 0 Å². The van der Waals surface area contributed by atoms with E-state index in [1.165, 1.54) is 12.1 Å². The molecule has 2 aromatic carbocycles. The van der Waals surface area contributed by atoms with E-state index in [2.05, 4.69) is 15.9 Å². The number of carboxylic acids is 1. The highest BCUT2D eigenvalue weighted by atomic mass is 79.9. The van der Waals surface area contributed by atoms with Crippen LogP contribution in [0.4, 0.5) is 8.78 Å². The summed E-state index contributed by atoms with van der Waals surface area (Å²) in [5, 5.41) is 8.82. The Hall–Kier alpha value is -1.66. The van der Waals surface area contributed by atoms with Crippen LogP contribution in [0.25, 0.3) is 0 Å². The molecule has 20 heavy (non-hydrogen) atoms. The van der Waals surface area contributed by atoms with E-state index in [4.69, 9.17) is 21.4 Å². The highest BCUT2D eigenvalue weighted by molar-refractivity contribution is 9.10. The number of aromatic carboxylic acids is 1. The van der Waals surface area contributed by atoms with Crippen LogP contribution in [-0.2, 0) is 0 Å². The Morgan fingerprint density at radius 2 is 1.85 bits per heavy atom. The van der Waals surface area contributed by atoms with Crippen LogP contribution in [0, 0.1) is 11.6 Å². The van der Waals surface area contributed by atoms with Gasteiger partial charge in [-0.25, -0.2) is 13.6 Å². The van der Waals surface area contributed by atoms with Crippen molar-refractivity contribution in [2.75, 3.05) is 0 Å². The maximum absolute atomic E-state index is 14.0. The molecule has 104 valence electrons. The van der Waals surface area contributed by atoms with Gasteiger partial charge < -0.3 is 9.84 Å². The Balaban J connectivity index is 2.39. The predicted octanol–water partition coefficient (Wildman–Crippen LogP) is 4.87. The number of rotatable bonds is 3. The van der Waals surface area contributed by atoms with Crippen LogP contribution in [-0.4, -0.2) is 11.1 Å². The summed E-state index contributed by atoms with van der Waals surface area (Å²) < 4.78 is 31.8. The topological polar surface area (TPSA) is 46.5 Å². The fraction of sp³-hybridized carbons (Fsp3) is 0. The molecule has 0 spiro atoms. The molecule has 0 saturated carbocycles. The molecule has 0 aromatic heterocycles. The molecular weight excluding hydrogens is 357 g/mol. The maximum atomic E-state index is 14.0. The molecule has 0 unspecified atom stereocenters. The first kappa shape index (κ1) is 14.7. The van der Waals surface area contributed by atoms with Crippen molar-refractivity contribution in [2.45, 2.75) is 0 Å². The molecule has 7 heteroatoms. The number of hydrogen-bond donors (Lipinski definition) is 1. The molecule has 0 heterocycles. The molecule has 0 radical (unpaired) electrons. The zero-order valence-corrected chi connectivity index (χ0v) is 12.0. The van der Waals surface area contributed by atoms with Crippen molar-refractivity contribution in [1.82, 2.24) is 0 Å². The van der Waals surface area contributed by atoms with Gasteiger partial charge in [0.1, 0.15) is 11.6 Å². The van der Waals surface area contributed by atoms with E-state index in [1.807, 2.05) is 0 Å². The number of carboxylic acid groups (broad SMARTS) is 1. The SMILES string of the molecule is O=C(O)c1ccc(Oc2ccc(F)cc2Cl)c(F)c1Br. The van der Waals surface area contributed by atoms with Crippen LogP contribution in [0.5, 0.6) is 11.5 Å². The normalized spacial score (nSPS) is 10.4. The lowest BCUT2D eigenvalue weighted by Gasteiger charge is -2.10. The molecule has 0 aliphatic rings. The molecule has 2 aromatic rings. The molecule has 1 N–H and O–H groups in total. The molecule has 0 amide bonds. The quantitative estimate of drug-likeness (QED) is 0.846. The van der Waals surface area contributed by atoms with Gasteiger partial charge in [0.25, 0.3) is 0 Å². The molecule has 2 rings (SSSR count). The third kappa shape index (κ3) is 2.91. The lowest BCUT2D eigenvalue weighted by Crippen LogP contribution is -2.00. The molecule has 3 nitrogen and oxygen atoms in total. The van der Waals surface area contributed by atoms with Crippen LogP contribution < -0.4 is 4.74 Å². The average molecular weight is 364 g/mol. The van der Waals surface area contributed by atoms with Gasteiger partial charge in [0.05, 0.1) is 15.1 Å².